The molecule has 1 saturated heterocycles. The lowest BCUT2D eigenvalue weighted by molar-refractivity contribution is 0.207. The highest BCUT2D eigenvalue weighted by Gasteiger charge is 2.26. The number of hydrogen-bond donors (Lipinski definition) is 2. The Hall–Kier alpha value is -2.83. The fourth-order valence-electron chi connectivity index (χ4n) is 3.21. The molecule has 24 heavy (non-hydrogen) atoms. The third-order valence-corrected chi connectivity index (χ3v) is 4.46. The van der Waals surface area contributed by atoms with Crippen LogP contribution in [0.25, 0.3) is 11.3 Å². The van der Waals surface area contributed by atoms with Gasteiger partial charge in [-0.05, 0) is 18.9 Å². The van der Waals surface area contributed by atoms with E-state index in [0.717, 1.165) is 30.0 Å². The zero-order valence-corrected chi connectivity index (χ0v) is 13.3. The van der Waals surface area contributed by atoms with Gasteiger partial charge in [-0.25, -0.2) is 19.5 Å². The number of nitrogens with one attached hydrogen (secondary N) is 2. The van der Waals surface area contributed by atoms with Gasteiger partial charge in [-0.3, -0.25) is 0 Å². The number of imidazole rings is 1. The number of aryl methyl sites for hydroxylation is 2. The second-order valence-electron chi connectivity index (χ2n) is 6.05. The molecule has 0 saturated carbocycles. The SMILES string of the molecule is O=C1NCCN1C(=O)Nc1ccccc1-c1cn2c(n1)CCCC2. The smallest absolute Gasteiger partial charge is 0.330 e. The van der Waals surface area contributed by atoms with E-state index in [0.29, 0.717) is 18.8 Å². The van der Waals surface area contributed by atoms with Crippen molar-refractivity contribution in [2.24, 2.45) is 0 Å². The van der Waals surface area contributed by atoms with Crippen LogP contribution < -0.4 is 10.6 Å². The van der Waals surface area contributed by atoms with Crippen LogP contribution in [0, 0.1) is 0 Å². The summed E-state index contributed by atoms with van der Waals surface area (Å²) in [5.41, 5.74) is 2.39. The summed E-state index contributed by atoms with van der Waals surface area (Å²) in [6.45, 7) is 1.86. The first-order chi connectivity index (χ1) is 11.7. The molecule has 7 heteroatoms. The molecule has 0 atom stereocenters. The summed E-state index contributed by atoms with van der Waals surface area (Å²) in [7, 11) is 0. The van der Waals surface area contributed by atoms with Crippen molar-refractivity contribution in [2.75, 3.05) is 18.4 Å². The Morgan fingerprint density at radius 1 is 1.21 bits per heavy atom. The van der Waals surface area contributed by atoms with Crippen molar-refractivity contribution < 1.29 is 9.59 Å². The number of benzene rings is 1. The quantitative estimate of drug-likeness (QED) is 0.890. The first kappa shape index (κ1) is 14.7. The molecule has 0 radical (unpaired) electrons. The van der Waals surface area contributed by atoms with Gasteiger partial charge >= 0.3 is 12.1 Å². The van der Waals surface area contributed by atoms with Crippen LogP contribution in [0.5, 0.6) is 0 Å². The Labute approximate surface area is 139 Å². The lowest BCUT2D eigenvalue weighted by atomic mass is 10.1. The summed E-state index contributed by atoms with van der Waals surface area (Å²) in [5.74, 6) is 1.09. The van der Waals surface area contributed by atoms with E-state index in [1.54, 1.807) is 0 Å². The maximum Gasteiger partial charge on any atom is 0.330 e. The zero-order chi connectivity index (χ0) is 16.5. The molecule has 0 spiro atoms. The molecule has 2 aliphatic heterocycles. The van der Waals surface area contributed by atoms with Gasteiger partial charge in [0, 0.05) is 37.8 Å². The van der Waals surface area contributed by atoms with Gasteiger partial charge in [-0.1, -0.05) is 18.2 Å². The van der Waals surface area contributed by atoms with Crippen LogP contribution >= 0.6 is 0 Å². The molecule has 2 aromatic rings. The average Bonchev–Trinajstić information content (AvgIpc) is 3.21. The molecule has 1 fully saturated rings. The summed E-state index contributed by atoms with van der Waals surface area (Å²) in [5, 5.41) is 5.46. The molecule has 4 amide bonds. The molecule has 2 aliphatic rings. The maximum atomic E-state index is 12.3. The van der Waals surface area contributed by atoms with Gasteiger partial charge in [0.05, 0.1) is 11.4 Å². The summed E-state index contributed by atoms with van der Waals surface area (Å²) >= 11 is 0. The summed E-state index contributed by atoms with van der Waals surface area (Å²) in [6, 6.07) is 6.78. The minimum Gasteiger partial charge on any atom is -0.336 e. The number of anilines is 1. The minimum absolute atomic E-state index is 0.359. The molecule has 0 bridgehead atoms. The molecule has 4 rings (SSSR count). The highest BCUT2D eigenvalue weighted by molar-refractivity contribution is 6.03. The molecular weight excluding hydrogens is 306 g/mol. The molecule has 1 aromatic heterocycles. The van der Waals surface area contributed by atoms with Gasteiger partial charge < -0.3 is 15.2 Å². The van der Waals surface area contributed by atoms with Crippen molar-refractivity contribution in [3.05, 3.63) is 36.3 Å². The van der Waals surface area contributed by atoms with Gasteiger partial charge in [-0.2, -0.15) is 0 Å². The fourth-order valence-corrected chi connectivity index (χ4v) is 3.21. The molecule has 1 aromatic carbocycles. The third-order valence-electron chi connectivity index (χ3n) is 4.46. The first-order valence-electron chi connectivity index (χ1n) is 8.24. The van der Waals surface area contributed by atoms with Gasteiger partial charge in [0.25, 0.3) is 0 Å². The number of rotatable bonds is 2. The number of urea groups is 2. The normalized spacial score (nSPS) is 16.7. The summed E-state index contributed by atoms with van der Waals surface area (Å²) < 4.78 is 2.19. The van der Waals surface area contributed by atoms with Crippen molar-refractivity contribution in [2.45, 2.75) is 25.8 Å². The van der Waals surface area contributed by atoms with E-state index in [-0.39, 0.29) is 6.03 Å². The number of carbonyl (C=O) groups is 2. The van der Waals surface area contributed by atoms with E-state index in [9.17, 15) is 9.59 Å². The van der Waals surface area contributed by atoms with Gasteiger partial charge in [0.2, 0.25) is 0 Å². The van der Waals surface area contributed by atoms with Crippen molar-refractivity contribution in [1.29, 1.82) is 0 Å². The number of para-hydroxylation sites is 1. The lowest BCUT2D eigenvalue weighted by Gasteiger charge is -2.15. The molecule has 0 unspecified atom stereocenters. The largest absolute Gasteiger partial charge is 0.336 e. The second-order valence-corrected chi connectivity index (χ2v) is 6.05. The minimum atomic E-state index is -0.415. The average molecular weight is 325 g/mol. The first-order valence-corrected chi connectivity index (χ1v) is 8.24. The summed E-state index contributed by atoms with van der Waals surface area (Å²) in [4.78, 5) is 29.9. The topological polar surface area (TPSA) is 79.3 Å². The van der Waals surface area contributed by atoms with Crippen LogP contribution in [0.3, 0.4) is 0 Å². The summed E-state index contributed by atoms with van der Waals surface area (Å²) in [6.07, 6.45) is 5.37. The van der Waals surface area contributed by atoms with Crippen LogP contribution in [0.4, 0.5) is 15.3 Å². The molecule has 124 valence electrons. The van der Waals surface area contributed by atoms with Crippen LogP contribution in [-0.2, 0) is 13.0 Å². The lowest BCUT2D eigenvalue weighted by Crippen LogP contribution is -2.37. The number of aromatic nitrogens is 2. The van der Waals surface area contributed by atoms with Crippen molar-refractivity contribution in [3.8, 4) is 11.3 Å². The molecule has 3 heterocycles. The number of nitrogens with zero attached hydrogens (tertiary/aromatic N) is 3. The van der Waals surface area contributed by atoms with Gasteiger partial charge in [-0.15, -0.1) is 0 Å². The number of amides is 4. The van der Waals surface area contributed by atoms with Crippen LogP contribution in [0.1, 0.15) is 18.7 Å². The number of carbonyl (C=O) groups excluding carboxylic acids is 2. The van der Waals surface area contributed by atoms with Crippen LogP contribution in [0.2, 0.25) is 0 Å². The van der Waals surface area contributed by atoms with Crippen LogP contribution in [0.15, 0.2) is 30.5 Å². The second kappa shape index (κ2) is 5.99. The van der Waals surface area contributed by atoms with Crippen molar-refractivity contribution >= 4 is 17.7 Å². The number of imide groups is 1. The Bertz CT molecular complexity index is 775. The Kier molecular flexibility index (Phi) is 3.68. The Morgan fingerprint density at radius 2 is 2.08 bits per heavy atom. The Balaban J connectivity index is 1.62. The molecular formula is C17H19N5O2. The Morgan fingerprint density at radius 3 is 2.88 bits per heavy atom. The number of fused-ring (bicyclic) bond motifs is 1. The standard InChI is InChI=1S/C17H19N5O2/c23-16-18-8-10-22(16)17(24)20-13-6-2-1-5-12(13)14-11-21-9-4-3-7-15(21)19-14/h1-2,5-6,11H,3-4,7-10H2,(H,18,23)(H,20,24). The molecule has 7 nitrogen and oxygen atoms in total. The van der Waals surface area contributed by atoms with E-state index in [2.05, 4.69) is 15.2 Å². The maximum absolute atomic E-state index is 12.3. The third kappa shape index (κ3) is 2.62. The van der Waals surface area contributed by atoms with Crippen LogP contribution in [-0.4, -0.2) is 39.6 Å². The van der Waals surface area contributed by atoms with E-state index in [4.69, 9.17) is 4.98 Å². The van der Waals surface area contributed by atoms with E-state index in [1.165, 1.54) is 17.7 Å². The fraction of sp³-hybridized carbons (Fsp3) is 0.353. The van der Waals surface area contributed by atoms with Gasteiger partial charge in [0.1, 0.15) is 5.82 Å². The molecule has 2 N–H and O–H groups in total. The highest BCUT2D eigenvalue weighted by Crippen LogP contribution is 2.29. The molecule has 0 aliphatic carbocycles. The van der Waals surface area contributed by atoms with Crippen molar-refractivity contribution in [1.82, 2.24) is 19.8 Å². The predicted octanol–water partition coefficient (Wildman–Crippen LogP) is 2.44. The number of hydrogen-bond acceptors (Lipinski definition) is 3. The zero-order valence-electron chi connectivity index (χ0n) is 13.3. The van der Waals surface area contributed by atoms with E-state index < -0.39 is 6.03 Å². The predicted molar refractivity (Wildman–Crippen MR) is 89.7 cm³/mol. The highest BCUT2D eigenvalue weighted by atomic mass is 16.2. The van der Waals surface area contributed by atoms with E-state index in [1.807, 2.05) is 30.5 Å². The van der Waals surface area contributed by atoms with Crippen molar-refractivity contribution in [3.63, 3.8) is 0 Å². The van der Waals surface area contributed by atoms with Gasteiger partial charge in [0.15, 0.2) is 0 Å². The monoisotopic (exact) mass is 325 g/mol. The van der Waals surface area contributed by atoms with E-state index >= 15 is 0 Å².